The first-order chi connectivity index (χ1) is 32.6. The van der Waals surface area contributed by atoms with Crippen LogP contribution in [0.4, 0.5) is 4.79 Å². The maximum absolute atomic E-state index is 16.0. The summed E-state index contributed by atoms with van der Waals surface area (Å²) in [5.74, 6) is -8.84. The number of carbonyl (C=O) groups is 8. The van der Waals surface area contributed by atoms with E-state index in [0.29, 0.717) is 5.56 Å². The van der Waals surface area contributed by atoms with Gasteiger partial charge in [-0.3, -0.25) is 19.2 Å². The van der Waals surface area contributed by atoms with Crippen molar-refractivity contribution in [2.45, 2.75) is 108 Å². The average molecular weight is 956 g/mol. The van der Waals surface area contributed by atoms with Crippen LogP contribution in [-0.2, 0) is 57.1 Å². The number of ketones is 1. The Bertz CT molecular complexity index is 2550. The minimum Gasteiger partial charge on any atom is -0.459 e. The zero-order valence-corrected chi connectivity index (χ0v) is 38.6. The van der Waals surface area contributed by atoms with Crippen LogP contribution in [0.5, 0.6) is 0 Å². The number of ether oxygens (including phenoxy) is 7. The number of carboxylic acid groups (broad SMARTS) is 1. The number of amides is 1. The van der Waals surface area contributed by atoms with E-state index in [4.69, 9.17) is 33.5 Å². The number of Topliss-reactive ketones (excluding diaryl/α,β-unsaturated/α-hetero) is 1. The van der Waals surface area contributed by atoms with Crippen LogP contribution in [0.1, 0.15) is 86.7 Å². The highest BCUT2D eigenvalue weighted by atomic mass is 16.7. The van der Waals surface area contributed by atoms with Crippen LogP contribution < -0.4 is 5.32 Å². The SMILES string of the molecule is CC(=O)O[C@H]1C(=O)[C@]2(C)[C@@H](OC(=O)COC(=O)O)C[C@H]3OC[C@@]3(OC(C)=O)[C@H]2[C@H](OC(=O)c2ccccc2)[C@]2(O)C[C@H](OC(=O)[C@H](O)[C@@H](NC(=O)c3ccccc3)c3ccccc3)C(C)=C1C2(C)C. The van der Waals surface area contributed by atoms with Gasteiger partial charge in [0.15, 0.2) is 30.2 Å². The van der Waals surface area contributed by atoms with E-state index < -0.39 is 138 Å². The molecule has 7 rings (SSSR count). The van der Waals surface area contributed by atoms with Gasteiger partial charge in [0.25, 0.3) is 5.91 Å². The molecule has 4 aliphatic rings. The molecule has 1 aliphatic heterocycles. The maximum atomic E-state index is 16.0. The summed E-state index contributed by atoms with van der Waals surface area (Å²) in [4.78, 5) is 110. The minimum absolute atomic E-state index is 0.0160. The molecule has 11 atom stereocenters. The Balaban J connectivity index is 1.42. The first-order valence-electron chi connectivity index (χ1n) is 22.1. The van der Waals surface area contributed by atoms with E-state index in [1.54, 1.807) is 66.7 Å². The Morgan fingerprint density at radius 2 is 1.41 bits per heavy atom. The molecule has 69 heavy (non-hydrogen) atoms. The molecule has 1 amide bonds. The molecular formula is C50H53NO18. The van der Waals surface area contributed by atoms with Crippen molar-refractivity contribution in [3.63, 3.8) is 0 Å². The Morgan fingerprint density at radius 1 is 0.812 bits per heavy atom. The molecule has 1 saturated heterocycles. The van der Waals surface area contributed by atoms with Gasteiger partial charge in [0.05, 0.1) is 29.5 Å². The second-order valence-corrected chi connectivity index (χ2v) is 18.4. The second-order valence-electron chi connectivity index (χ2n) is 18.4. The molecule has 0 unspecified atom stereocenters. The molecule has 3 fully saturated rings. The number of hydrogen-bond acceptors (Lipinski definition) is 17. The van der Waals surface area contributed by atoms with Gasteiger partial charge in [0.2, 0.25) is 0 Å². The van der Waals surface area contributed by atoms with E-state index in [9.17, 15) is 43.8 Å². The van der Waals surface area contributed by atoms with Crippen molar-refractivity contribution in [3.8, 4) is 0 Å². The molecule has 3 aromatic carbocycles. The molecule has 3 aromatic rings. The summed E-state index contributed by atoms with van der Waals surface area (Å²) in [7, 11) is 0. The van der Waals surface area contributed by atoms with Gasteiger partial charge in [-0.15, -0.1) is 0 Å². The molecule has 19 heteroatoms. The summed E-state index contributed by atoms with van der Waals surface area (Å²) in [6.45, 7) is 6.31. The highest BCUT2D eigenvalue weighted by Gasteiger charge is 2.79. The van der Waals surface area contributed by atoms with Crippen molar-refractivity contribution in [1.82, 2.24) is 5.32 Å². The van der Waals surface area contributed by atoms with Crippen molar-refractivity contribution >= 4 is 47.7 Å². The number of nitrogens with one attached hydrogen (secondary N) is 1. The fraction of sp³-hybridized carbons (Fsp3) is 0.440. The van der Waals surface area contributed by atoms with E-state index in [0.717, 1.165) is 13.8 Å². The van der Waals surface area contributed by atoms with Crippen LogP contribution in [0.25, 0.3) is 0 Å². The normalized spacial score (nSPS) is 29.6. The van der Waals surface area contributed by atoms with Crippen molar-refractivity contribution in [1.29, 1.82) is 0 Å². The summed E-state index contributed by atoms with van der Waals surface area (Å²) in [6.07, 6.45) is -13.4. The Labute approximate surface area is 396 Å². The van der Waals surface area contributed by atoms with Gasteiger partial charge in [0.1, 0.15) is 30.0 Å². The zero-order valence-electron chi connectivity index (χ0n) is 38.6. The molecule has 4 N–H and O–H groups in total. The number of fused-ring (bicyclic) bond motifs is 5. The highest BCUT2D eigenvalue weighted by molar-refractivity contribution is 5.96. The van der Waals surface area contributed by atoms with Crippen LogP contribution in [0.3, 0.4) is 0 Å². The van der Waals surface area contributed by atoms with Crippen molar-refractivity contribution in [2.24, 2.45) is 16.7 Å². The molecule has 1 heterocycles. The van der Waals surface area contributed by atoms with Crippen LogP contribution in [0, 0.1) is 16.7 Å². The highest BCUT2D eigenvalue weighted by Crippen LogP contribution is 2.65. The van der Waals surface area contributed by atoms with Gasteiger partial charge in [0, 0.05) is 37.7 Å². The zero-order chi connectivity index (χ0) is 50.2. The topological polar surface area (TPSA) is 274 Å². The average Bonchev–Trinajstić information content (AvgIpc) is 3.30. The quantitative estimate of drug-likeness (QED) is 0.107. The van der Waals surface area contributed by atoms with Crippen LogP contribution in [0.15, 0.2) is 102 Å². The van der Waals surface area contributed by atoms with Gasteiger partial charge < -0.3 is 53.8 Å². The summed E-state index contributed by atoms with van der Waals surface area (Å²) in [6, 6.07) is 22.3. The van der Waals surface area contributed by atoms with Crippen molar-refractivity contribution < 1.29 is 86.8 Å². The molecule has 0 radical (unpaired) electrons. The van der Waals surface area contributed by atoms with Crippen molar-refractivity contribution in [3.05, 3.63) is 119 Å². The lowest BCUT2D eigenvalue weighted by Crippen LogP contribution is -2.82. The third-order valence-electron chi connectivity index (χ3n) is 14.0. The fourth-order valence-corrected chi connectivity index (χ4v) is 10.6. The molecule has 19 nitrogen and oxygen atoms in total. The number of aliphatic hydroxyl groups excluding tert-OH is 1. The van der Waals surface area contributed by atoms with E-state index >= 15 is 4.79 Å². The van der Waals surface area contributed by atoms with Crippen LogP contribution in [0.2, 0.25) is 0 Å². The van der Waals surface area contributed by atoms with Crippen LogP contribution in [-0.4, -0.2) is 124 Å². The van der Waals surface area contributed by atoms with Gasteiger partial charge >= 0.3 is 36.0 Å². The number of hydrogen-bond donors (Lipinski definition) is 4. The molecule has 0 aromatic heterocycles. The van der Waals surface area contributed by atoms with Gasteiger partial charge in [-0.1, -0.05) is 80.6 Å². The lowest BCUT2D eigenvalue weighted by molar-refractivity contribution is -0.346. The summed E-state index contributed by atoms with van der Waals surface area (Å²) >= 11 is 0. The number of carbonyl (C=O) groups excluding carboxylic acids is 7. The molecule has 2 saturated carbocycles. The van der Waals surface area contributed by atoms with Crippen LogP contribution >= 0.6 is 0 Å². The first kappa shape index (κ1) is 49.9. The number of rotatable bonds is 13. The summed E-state index contributed by atoms with van der Waals surface area (Å²) in [5.41, 5.74) is -8.08. The molecule has 3 aliphatic carbocycles. The fourth-order valence-electron chi connectivity index (χ4n) is 10.6. The van der Waals surface area contributed by atoms with Gasteiger partial charge in [-0.05, 0) is 54.8 Å². The minimum atomic E-state index is -2.54. The monoisotopic (exact) mass is 955 g/mol. The number of benzene rings is 3. The predicted octanol–water partition coefficient (Wildman–Crippen LogP) is 3.98. The molecule has 0 spiro atoms. The van der Waals surface area contributed by atoms with E-state index in [1.165, 1.54) is 52.0 Å². The van der Waals surface area contributed by atoms with E-state index in [1.807, 2.05) is 0 Å². The Kier molecular flexibility index (Phi) is 13.9. The van der Waals surface area contributed by atoms with Crippen molar-refractivity contribution in [2.75, 3.05) is 13.2 Å². The maximum Gasteiger partial charge on any atom is 0.506 e. The number of aliphatic hydroxyl groups is 2. The standard InChI is InChI=1S/C50H53NO18/c1-26-32(66-45(59)38(55)37(29-16-10-7-11-17-29)51-43(57)30-18-12-8-13-19-30)23-50(62)42(68-44(58)31-20-14-9-15-21-31)40-48(6,41(56)39(65-27(2)52)36(26)47(50,4)5)33(67-35(54)24-63-46(60)61)22-34-49(40,25-64-34)69-28(3)53/h7-21,32-34,37-40,42,55,62H,22-25H2,1-6H3,(H,51,57)(H,60,61)/t32-,33-,34+,37-,38+,39+,40-,42-,48+,49-,50+/m0/s1. The summed E-state index contributed by atoms with van der Waals surface area (Å²) in [5, 5.41) is 37.6. The van der Waals surface area contributed by atoms with Gasteiger partial charge in [-0.2, -0.15) is 0 Å². The lowest BCUT2D eigenvalue weighted by Gasteiger charge is -2.67. The molecule has 2 bridgehead atoms. The van der Waals surface area contributed by atoms with E-state index in [-0.39, 0.29) is 28.7 Å². The third kappa shape index (κ3) is 9.08. The first-order valence-corrected chi connectivity index (χ1v) is 22.1. The third-order valence-corrected chi connectivity index (χ3v) is 14.0. The smallest absolute Gasteiger partial charge is 0.459 e. The van der Waals surface area contributed by atoms with Gasteiger partial charge in [-0.25, -0.2) is 19.2 Å². The molecule has 366 valence electrons. The Hall–Kier alpha value is -6.96. The largest absolute Gasteiger partial charge is 0.506 e. The second kappa shape index (κ2) is 19.2. The predicted molar refractivity (Wildman–Crippen MR) is 236 cm³/mol. The number of esters is 5. The molecular weight excluding hydrogens is 903 g/mol. The van der Waals surface area contributed by atoms with E-state index in [2.05, 4.69) is 10.1 Å². The summed E-state index contributed by atoms with van der Waals surface area (Å²) < 4.78 is 40.8. The lowest BCUT2D eigenvalue weighted by atomic mass is 9.44. The Morgan fingerprint density at radius 3 is 1.96 bits per heavy atom.